The van der Waals surface area contributed by atoms with E-state index in [1.807, 2.05) is 6.07 Å². The van der Waals surface area contributed by atoms with Gasteiger partial charge in [-0.25, -0.2) is 0 Å². The molecule has 0 aromatic heterocycles. The van der Waals surface area contributed by atoms with E-state index in [-0.39, 0.29) is 12.1 Å². The monoisotopic (exact) mass is 325 g/mol. The molecule has 23 heavy (non-hydrogen) atoms. The highest BCUT2D eigenvalue weighted by molar-refractivity contribution is 7.80. The molecule has 0 bridgehead atoms. The first-order chi connectivity index (χ1) is 11.1. The number of nitrogens with one attached hydrogen (secondary N) is 2. The van der Waals surface area contributed by atoms with Crippen molar-refractivity contribution in [2.24, 2.45) is 5.92 Å². The van der Waals surface area contributed by atoms with Crippen molar-refractivity contribution < 1.29 is 0 Å². The number of hydrazine groups is 1. The van der Waals surface area contributed by atoms with Crippen LogP contribution in [0.3, 0.4) is 0 Å². The van der Waals surface area contributed by atoms with Crippen LogP contribution in [0.15, 0.2) is 54.6 Å². The van der Waals surface area contributed by atoms with E-state index in [2.05, 4.69) is 85.1 Å². The lowest BCUT2D eigenvalue weighted by Crippen LogP contribution is -2.35. The van der Waals surface area contributed by atoms with Crippen molar-refractivity contribution in [2.75, 3.05) is 5.43 Å². The minimum Gasteiger partial charge on any atom is -0.356 e. The molecule has 0 saturated carbocycles. The van der Waals surface area contributed by atoms with Gasteiger partial charge in [-0.3, -0.25) is 10.4 Å². The molecule has 4 heteroatoms. The van der Waals surface area contributed by atoms with Crippen LogP contribution < -0.4 is 10.7 Å². The lowest BCUT2D eigenvalue weighted by atomic mass is 9.92. The quantitative estimate of drug-likeness (QED) is 0.821. The predicted octanol–water partition coefficient (Wildman–Crippen LogP) is 4.28. The van der Waals surface area contributed by atoms with Crippen LogP contribution in [0.25, 0.3) is 0 Å². The first-order valence-corrected chi connectivity index (χ1v) is 8.45. The van der Waals surface area contributed by atoms with E-state index in [9.17, 15) is 0 Å². The van der Waals surface area contributed by atoms with Crippen molar-refractivity contribution >= 4 is 23.0 Å². The second-order valence-corrected chi connectivity index (χ2v) is 6.81. The predicted molar refractivity (Wildman–Crippen MR) is 100 cm³/mol. The number of thiocarbonyl (C=S) groups is 1. The molecule has 0 spiro atoms. The van der Waals surface area contributed by atoms with E-state index in [1.165, 1.54) is 11.1 Å². The molecular weight excluding hydrogens is 302 g/mol. The zero-order chi connectivity index (χ0) is 16.4. The number of rotatable bonds is 4. The number of aryl methyl sites for hydroxylation is 1. The van der Waals surface area contributed by atoms with Gasteiger partial charge in [0.05, 0.1) is 17.8 Å². The number of nitrogens with zero attached hydrogens (tertiary/aromatic N) is 1. The van der Waals surface area contributed by atoms with Gasteiger partial charge < -0.3 is 5.32 Å². The average molecular weight is 325 g/mol. The van der Waals surface area contributed by atoms with E-state index in [0.717, 1.165) is 10.8 Å². The standard InChI is InChI=1S/C19H23N3S/c1-13(2)17-18(15-9-5-4-6-10-15)22(19(23)20-17)21-16-11-7-8-14(3)12-16/h4-13,17-18,21H,1-3H3,(H,20,23). The van der Waals surface area contributed by atoms with Crippen molar-refractivity contribution in [3.63, 3.8) is 0 Å². The smallest absolute Gasteiger partial charge is 0.188 e. The van der Waals surface area contributed by atoms with Gasteiger partial charge in [0.1, 0.15) is 0 Å². The molecule has 1 aliphatic rings. The van der Waals surface area contributed by atoms with Crippen molar-refractivity contribution in [2.45, 2.75) is 32.9 Å². The number of benzene rings is 2. The minimum absolute atomic E-state index is 0.171. The second-order valence-electron chi connectivity index (χ2n) is 6.43. The van der Waals surface area contributed by atoms with Crippen molar-refractivity contribution in [1.29, 1.82) is 0 Å². The summed E-state index contributed by atoms with van der Waals surface area (Å²) in [5, 5.41) is 6.32. The third kappa shape index (κ3) is 3.32. The van der Waals surface area contributed by atoms with Crippen LogP contribution in [0.5, 0.6) is 0 Å². The fourth-order valence-corrected chi connectivity index (χ4v) is 3.39. The maximum Gasteiger partial charge on any atom is 0.188 e. The van der Waals surface area contributed by atoms with Gasteiger partial charge in [0.25, 0.3) is 0 Å². The van der Waals surface area contributed by atoms with E-state index >= 15 is 0 Å². The summed E-state index contributed by atoms with van der Waals surface area (Å²) in [6.07, 6.45) is 0. The topological polar surface area (TPSA) is 27.3 Å². The fraction of sp³-hybridized carbons (Fsp3) is 0.316. The van der Waals surface area contributed by atoms with E-state index < -0.39 is 0 Å². The van der Waals surface area contributed by atoms with Crippen molar-refractivity contribution in [3.8, 4) is 0 Å². The van der Waals surface area contributed by atoms with Crippen LogP contribution in [0.4, 0.5) is 5.69 Å². The molecular formula is C19H23N3S. The fourth-order valence-electron chi connectivity index (χ4n) is 3.09. The maximum absolute atomic E-state index is 5.60. The first-order valence-electron chi connectivity index (χ1n) is 8.04. The maximum atomic E-state index is 5.60. The van der Waals surface area contributed by atoms with Crippen LogP contribution >= 0.6 is 12.2 Å². The highest BCUT2D eigenvalue weighted by atomic mass is 32.1. The molecule has 0 amide bonds. The van der Waals surface area contributed by atoms with Gasteiger partial charge in [-0.15, -0.1) is 0 Å². The van der Waals surface area contributed by atoms with E-state index in [0.29, 0.717) is 5.92 Å². The Labute approximate surface area is 143 Å². The Bertz CT molecular complexity index is 684. The molecule has 2 aromatic rings. The number of hydrogen-bond acceptors (Lipinski definition) is 2. The van der Waals surface area contributed by atoms with Gasteiger partial charge in [0, 0.05) is 0 Å². The zero-order valence-electron chi connectivity index (χ0n) is 13.8. The van der Waals surface area contributed by atoms with Crippen LogP contribution in [0.2, 0.25) is 0 Å². The minimum atomic E-state index is 0.171. The molecule has 3 nitrogen and oxygen atoms in total. The van der Waals surface area contributed by atoms with Crippen LogP contribution in [0.1, 0.15) is 31.0 Å². The van der Waals surface area contributed by atoms with Gasteiger partial charge in [0.2, 0.25) is 0 Å². The molecule has 120 valence electrons. The Kier molecular flexibility index (Phi) is 4.53. The normalized spacial score (nSPS) is 20.7. The molecule has 1 aliphatic heterocycles. The average Bonchev–Trinajstić information content (AvgIpc) is 2.85. The van der Waals surface area contributed by atoms with Gasteiger partial charge >= 0.3 is 0 Å². The van der Waals surface area contributed by atoms with Gasteiger partial charge in [0.15, 0.2) is 5.11 Å². The Hall–Kier alpha value is -2.07. The van der Waals surface area contributed by atoms with Gasteiger partial charge in [-0.05, 0) is 48.3 Å². The van der Waals surface area contributed by atoms with Gasteiger partial charge in [-0.1, -0.05) is 56.3 Å². The molecule has 1 heterocycles. The number of anilines is 1. The molecule has 0 aliphatic carbocycles. The highest BCUT2D eigenvalue weighted by Crippen LogP contribution is 2.33. The van der Waals surface area contributed by atoms with Crippen LogP contribution in [-0.4, -0.2) is 16.2 Å². The zero-order valence-corrected chi connectivity index (χ0v) is 14.6. The van der Waals surface area contributed by atoms with Crippen molar-refractivity contribution in [1.82, 2.24) is 10.3 Å². The molecule has 1 fully saturated rings. The second kappa shape index (κ2) is 6.59. The Balaban J connectivity index is 1.94. The summed E-state index contributed by atoms with van der Waals surface area (Å²) in [4.78, 5) is 0. The SMILES string of the molecule is Cc1cccc(NN2C(=S)NC(C(C)C)C2c2ccccc2)c1. The summed E-state index contributed by atoms with van der Waals surface area (Å²) < 4.78 is 0. The van der Waals surface area contributed by atoms with E-state index in [1.54, 1.807) is 0 Å². The summed E-state index contributed by atoms with van der Waals surface area (Å²) in [7, 11) is 0. The lowest BCUT2D eigenvalue weighted by Gasteiger charge is -2.30. The van der Waals surface area contributed by atoms with Crippen molar-refractivity contribution in [3.05, 3.63) is 65.7 Å². The summed E-state index contributed by atoms with van der Waals surface area (Å²) >= 11 is 5.60. The molecule has 1 saturated heterocycles. The Morgan fingerprint density at radius 1 is 1.09 bits per heavy atom. The Morgan fingerprint density at radius 3 is 2.48 bits per heavy atom. The molecule has 2 N–H and O–H groups in total. The molecule has 2 unspecified atom stereocenters. The number of hydrogen-bond donors (Lipinski definition) is 2. The first kappa shape index (κ1) is 15.8. The highest BCUT2D eigenvalue weighted by Gasteiger charge is 2.39. The summed E-state index contributed by atoms with van der Waals surface area (Å²) in [6.45, 7) is 6.55. The molecule has 3 rings (SSSR count). The summed E-state index contributed by atoms with van der Waals surface area (Å²) in [6, 6.07) is 19.4. The summed E-state index contributed by atoms with van der Waals surface area (Å²) in [5.41, 5.74) is 7.04. The molecule has 2 aromatic carbocycles. The largest absolute Gasteiger partial charge is 0.356 e. The van der Waals surface area contributed by atoms with Crippen LogP contribution in [-0.2, 0) is 0 Å². The Morgan fingerprint density at radius 2 is 1.83 bits per heavy atom. The lowest BCUT2D eigenvalue weighted by molar-refractivity contribution is 0.312. The summed E-state index contributed by atoms with van der Waals surface area (Å²) in [5.74, 6) is 0.475. The van der Waals surface area contributed by atoms with E-state index in [4.69, 9.17) is 12.2 Å². The van der Waals surface area contributed by atoms with Gasteiger partial charge in [-0.2, -0.15) is 0 Å². The third-order valence-corrected chi connectivity index (χ3v) is 4.57. The van der Waals surface area contributed by atoms with Crippen LogP contribution in [0, 0.1) is 12.8 Å². The third-order valence-electron chi connectivity index (χ3n) is 4.25. The molecule has 0 radical (unpaired) electrons. The molecule has 2 atom stereocenters.